The predicted molar refractivity (Wildman–Crippen MR) is 141 cm³/mol. The Morgan fingerprint density at radius 1 is 0.921 bits per heavy atom. The highest BCUT2D eigenvalue weighted by Crippen LogP contribution is 2.36. The van der Waals surface area contributed by atoms with Gasteiger partial charge in [0, 0.05) is 11.3 Å². The molecule has 1 aromatic heterocycles. The van der Waals surface area contributed by atoms with Gasteiger partial charge in [0.05, 0.1) is 16.4 Å². The van der Waals surface area contributed by atoms with E-state index in [9.17, 15) is 27.9 Å². The number of Topliss-reactive ketones (excluding diaryl/α,β-unsaturated/α-hetero) is 1. The minimum absolute atomic E-state index is 0.0569. The number of carboxylic acids is 1. The summed E-state index contributed by atoms with van der Waals surface area (Å²) in [6.45, 7) is 11.0. The number of carbonyl (C=O) groups excluding carboxylic acids is 2. The number of benzene rings is 2. The zero-order valence-corrected chi connectivity index (χ0v) is 23.2. The van der Waals surface area contributed by atoms with Crippen LogP contribution in [0.25, 0.3) is 10.4 Å². The van der Waals surface area contributed by atoms with Crippen LogP contribution in [-0.2, 0) is 17.4 Å². The Kier molecular flexibility index (Phi) is 8.46. The number of aliphatic carboxylic acids is 1. The van der Waals surface area contributed by atoms with Gasteiger partial charge in [0.15, 0.2) is 5.78 Å². The molecular weight excluding hydrogens is 513 g/mol. The summed E-state index contributed by atoms with van der Waals surface area (Å²) in [5, 5.41) is 11.9. The summed E-state index contributed by atoms with van der Waals surface area (Å²) in [5.41, 5.74) is 0.601. The molecule has 8 heteroatoms. The average molecular weight is 546 g/mol. The van der Waals surface area contributed by atoms with Crippen molar-refractivity contribution >= 4 is 23.1 Å². The Morgan fingerprint density at radius 2 is 1.50 bits per heavy atom. The number of hydrogen-bond acceptors (Lipinski definition) is 5. The molecule has 2 aromatic carbocycles. The maximum atomic E-state index is 12.8. The largest absolute Gasteiger partial charge is 0.546 e. The summed E-state index contributed by atoms with van der Waals surface area (Å²) in [4.78, 5) is 26.0. The SMILES string of the molecule is Cc1cc(CCC(=O)c2ccc(-c3ccc(C(F)(F)F)cc3)s2)cc(C)c1OC(C)(CC(C)(C)C)C(=O)[O-]. The van der Waals surface area contributed by atoms with Gasteiger partial charge in [-0.1, -0.05) is 45.0 Å². The molecule has 38 heavy (non-hydrogen) atoms. The first-order valence-corrected chi connectivity index (χ1v) is 13.1. The molecule has 1 heterocycles. The highest BCUT2D eigenvalue weighted by atomic mass is 32.1. The number of hydrogen-bond donors (Lipinski definition) is 0. The molecule has 0 fully saturated rings. The van der Waals surface area contributed by atoms with Gasteiger partial charge >= 0.3 is 6.18 Å². The summed E-state index contributed by atoms with van der Waals surface area (Å²) < 4.78 is 44.5. The molecule has 0 amide bonds. The molecule has 3 rings (SSSR count). The zero-order valence-electron chi connectivity index (χ0n) is 22.4. The van der Waals surface area contributed by atoms with Crippen molar-refractivity contribution in [2.24, 2.45) is 5.41 Å². The second kappa shape index (κ2) is 10.9. The number of aryl methyl sites for hydroxylation is 3. The van der Waals surface area contributed by atoms with Gasteiger partial charge < -0.3 is 14.6 Å². The van der Waals surface area contributed by atoms with E-state index in [1.807, 2.05) is 46.8 Å². The van der Waals surface area contributed by atoms with E-state index >= 15 is 0 Å². The topological polar surface area (TPSA) is 66.4 Å². The number of ketones is 1. The normalized spacial score (nSPS) is 13.7. The Morgan fingerprint density at radius 3 is 2.00 bits per heavy atom. The smallest absolute Gasteiger partial charge is 0.416 e. The van der Waals surface area contributed by atoms with E-state index in [0.717, 1.165) is 33.7 Å². The molecular formula is C30H32F3O4S-. The zero-order chi connectivity index (χ0) is 28.5. The van der Waals surface area contributed by atoms with Crippen LogP contribution in [0.5, 0.6) is 5.75 Å². The Hall–Kier alpha value is -3.13. The molecule has 0 aliphatic heterocycles. The Bertz CT molecular complexity index is 1290. The van der Waals surface area contributed by atoms with Crippen molar-refractivity contribution in [3.05, 3.63) is 75.7 Å². The van der Waals surface area contributed by atoms with Crippen LogP contribution in [-0.4, -0.2) is 17.4 Å². The third kappa shape index (κ3) is 7.25. The fourth-order valence-electron chi connectivity index (χ4n) is 4.58. The molecule has 0 bridgehead atoms. The third-order valence-electron chi connectivity index (χ3n) is 6.17. The van der Waals surface area contributed by atoms with Crippen molar-refractivity contribution in [1.29, 1.82) is 0 Å². The number of carbonyl (C=O) groups is 2. The summed E-state index contributed by atoms with van der Waals surface area (Å²) in [5.74, 6) is -0.832. The van der Waals surface area contributed by atoms with Crippen molar-refractivity contribution in [2.45, 2.75) is 72.6 Å². The number of rotatable bonds is 9. The van der Waals surface area contributed by atoms with Crippen LogP contribution in [0, 0.1) is 19.3 Å². The van der Waals surface area contributed by atoms with E-state index in [0.29, 0.717) is 22.6 Å². The van der Waals surface area contributed by atoms with Gasteiger partial charge in [-0.15, -0.1) is 11.3 Å². The highest BCUT2D eigenvalue weighted by Gasteiger charge is 2.34. The molecule has 0 aliphatic rings. The van der Waals surface area contributed by atoms with Crippen molar-refractivity contribution in [3.63, 3.8) is 0 Å². The Labute approximate surface area is 225 Å². The summed E-state index contributed by atoms with van der Waals surface area (Å²) in [6, 6.07) is 12.1. The summed E-state index contributed by atoms with van der Waals surface area (Å²) >= 11 is 1.25. The van der Waals surface area contributed by atoms with E-state index in [1.54, 1.807) is 12.1 Å². The molecule has 0 saturated carbocycles. The molecule has 0 saturated heterocycles. The number of thiophene rings is 1. The maximum Gasteiger partial charge on any atom is 0.416 e. The van der Waals surface area contributed by atoms with Crippen molar-refractivity contribution in [2.75, 3.05) is 0 Å². The minimum atomic E-state index is -4.39. The van der Waals surface area contributed by atoms with Crippen LogP contribution in [0.15, 0.2) is 48.5 Å². The second-order valence-electron chi connectivity index (χ2n) is 11.1. The van der Waals surface area contributed by atoms with Crippen molar-refractivity contribution in [3.8, 4) is 16.2 Å². The Balaban J connectivity index is 1.69. The number of ether oxygens (including phenoxy) is 1. The molecule has 0 radical (unpaired) electrons. The van der Waals surface area contributed by atoms with Crippen molar-refractivity contribution in [1.82, 2.24) is 0 Å². The van der Waals surface area contributed by atoms with Gasteiger partial charge in [-0.2, -0.15) is 13.2 Å². The van der Waals surface area contributed by atoms with Gasteiger partial charge in [0.25, 0.3) is 0 Å². The van der Waals surface area contributed by atoms with Crippen LogP contribution in [0.1, 0.15) is 72.5 Å². The monoisotopic (exact) mass is 545 g/mol. The number of carboxylic acid groups (broad SMARTS) is 1. The van der Waals surface area contributed by atoms with Gasteiger partial charge in [-0.25, -0.2) is 0 Å². The van der Waals surface area contributed by atoms with E-state index in [1.165, 1.54) is 30.4 Å². The number of alkyl halides is 3. The lowest BCUT2D eigenvalue weighted by Gasteiger charge is -2.37. The summed E-state index contributed by atoms with van der Waals surface area (Å²) in [7, 11) is 0. The lowest BCUT2D eigenvalue weighted by Crippen LogP contribution is -2.52. The standard InChI is InChI=1S/C30H33F3O4S/c1-18-15-20(16-19(2)26(18)37-29(6,27(35)36)17-28(3,4)5)7-12-23(34)25-14-13-24(38-25)21-8-10-22(11-9-21)30(31,32)33/h8-11,13-16H,7,12,17H2,1-6H3,(H,35,36)/p-1. The highest BCUT2D eigenvalue weighted by molar-refractivity contribution is 7.17. The van der Waals surface area contributed by atoms with E-state index in [4.69, 9.17) is 4.74 Å². The lowest BCUT2D eigenvalue weighted by molar-refractivity contribution is -0.323. The van der Waals surface area contributed by atoms with Gasteiger partial charge in [-0.05, 0) is 85.5 Å². The predicted octanol–water partition coefficient (Wildman–Crippen LogP) is 7.19. The van der Waals surface area contributed by atoms with Crippen LogP contribution < -0.4 is 9.84 Å². The van der Waals surface area contributed by atoms with Gasteiger partial charge in [0.1, 0.15) is 11.4 Å². The third-order valence-corrected chi connectivity index (χ3v) is 7.34. The van der Waals surface area contributed by atoms with Gasteiger partial charge in [0.2, 0.25) is 0 Å². The van der Waals surface area contributed by atoms with Crippen LogP contribution in [0.4, 0.5) is 13.2 Å². The first-order chi connectivity index (χ1) is 17.5. The minimum Gasteiger partial charge on any atom is -0.546 e. The van der Waals surface area contributed by atoms with Crippen molar-refractivity contribution < 1.29 is 32.6 Å². The van der Waals surface area contributed by atoms with Crippen LogP contribution >= 0.6 is 11.3 Å². The maximum absolute atomic E-state index is 12.8. The molecule has 1 atom stereocenters. The van der Waals surface area contributed by atoms with Crippen LogP contribution in [0.3, 0.4) is 0 Å². The quantitative estimate of drug-likeness (QED) is 0.267. The number of halogens is 3. The first kappa shape index (κ1) is 29.4. The fourth-order valence-corrected chi connectivity index (χ4v) is 5.56. The first-order valence-electron chi connectivity index (χ1n) is 12.3. The molecule has 0 aliphatic carbocycles. The van der Waals surface area contributed by atoms with E-state index < -0.39 is 23.3 Å². The lowest BCUT2D eigenvalue weighted by atomic mass is 9.82. The second-order valence-corrected chi connectivity index (χ2v) is 12.2. The molecule has 0 N–H and O–H groups in total. The summed E-state index contributed by atoms with van der Waals surface area (Å²) in [6.07, 6.45) is -3.39. The molecule has 0 spiro atoms. The molecule has 1 unspecified atom stereocenters. The molecule has 4 nitrogen and oxygen atoms in total. The average Bonchev–Trinajstić information content (AvgIpc) is 3.29. The van der Waals surface area contributed by atoms with Gasteiger partial charge in [-0.3, -0.25) is 4.79 Å². The fraction of sp³-hybridized carbons (Fsp3) is 0.400. The van der Waals surface area contributed by atoms with E-state index in [2.05, 4.69) is 0 Å². The van der Waals surface area contributed by atoms with E-state index in [-0.39, 0.29) is 24.0 Å². The van der Waals surface area contributed by atoms with Crippen LogP contribution in [0.2, 0.25) is 0 Å². The molecule has 204 valence electrons. The molecule has 3 aromatic rings.